The van der Waals surface area contributed by atoms with E-state index in [-0.39, 0.29) is 5.83 Å². The number of allylic oxidation sites excluding steroid dienone is 7. The molecule has 0 aromatic heterocycles. The summed E-state index contributed by atoms with van der Waals surface area (Å²) in [7, 11) is 0. The van der Waals surface area contributed by atoms with E-state index in [0.717, 1.165) is 32.1 Å². The van der Waals surface area contributed by atoms with Crippen molar-refractivity contribution < 1.29 is 9.50 Å². The van der Waals surface area contributed by atoms with Crippen LogP contribution in [0.3, 0.4) is 0 Å². The van der Waals surface area contributed by atoms with Crippen molar-refractivity contribution in [2.75, 3.05) is 6.61 Å². The van der Waals surface area contributed by atoms with Gasteiger partial charge in [0.15, 0.2) is 0 Å². The second-order valence-electron chi connectivity index (χ2n) is 6.34. The van der Waals surface area contributed by atoms with E-state index in [4.69, 9.17) is 5.11 Å². The topological polar surface area (TPSA) is 20.2 Å². The van der Waals surface area contributed by atoms with Crippen molar-refractivity contribution in [1.82, 2.24) is 0 Å². The summed E-state index contributed by atoms with van der Waals surface area (Å²) in [5, 5.41) is 8.72. The van der Waals surface area contributed by atoms with E-state index in [1.807, 2.05) is 0 Å². The first-order valence-corrected chi connectivity index (χ1v) is 8.26. The Labute approximate surface area is 136 Å². The second kappa shape index (κ2) is 12.4. The molecular weight excluding hydrogens is 275 g/mol. The van der Waals surface area contributed by atoms with E-state index in [1.54, 1.807) is 6.92 Å². The summed E-state index contributed by atoms with van der Waals surface area (Å²) >= 11 is 0. The Bertz CT molecular complexity index is 435. The van der Waals surface area contributed by atoms with Gasteiger partial charge in [0.05, 0.1) is 6.61 Å². The summed E-state index contributed by atoms with van der Waals surface area (Å²) in [5.74, 6) is -0.388. The molecule has 0 rings (SSSR count). The second-order valence-corrected chi connectivity index (χ2v) is 6.34. The third kappa shape index (κ3) is 11.5. The highest BCUT2D eigenvalue weighted by Crippen LogP contribution is 2.15. The Morgan fingerprint density at radius 1 is 0.773 bits per heavy atom. The quantitative estimate of drug-likeness (QED) is 0.461. The highest BCUT2D eigenvalue weighted by Gasteiger charge is 1.99. The molecule has 0 saturated heterocycles. The fourth-order valence-electron chi connectivity index (χ4n) is 2.14. The zero-order valence-electron chi connectivity index (χ0n) is 15.0. The third-order valence-corrected chi connectivity index (χ3v) is 3.74. The number of aliphatic hydroxyl groups excluding tert-OH is 1. The van der Waals surface area contributed by atoms with Crippen LogP contribution in [0.1, 0.15) is 73.1 Å². The number of hydrogen-bond donors (Lipinski definition) is 1. The zero-order valence-corrected chi connectivity index (χ0v) is 15.0. The molecule has 0 unspecified atom stereocenters. The van der Waals surface area contributed by atoms with Gasteiger partial charge in [-0.25, -0.2) is 4.39 Å². The number of hydrogen-bond acceptors (Lipinski definition) is 1. The molecule has 1 N–H and O–H groups in total. The smallest absolute Gasteiger partial charge is 0.124 e. The van der Waals surface area contributed by atoms with Crippen molar-refractivity contribution >= 4 is 0 Å². The molecule has 0 heterocycles. The van der Waals surface area contributed by atoms with Crippen LogP contribution in [0.25, 0.3) is 0 Å². The third-order valence-electron chi connectivity index (χ3n) is 3.74. The number of rotatable bonds is 10. The molecule has 0 aliphatic rings. The van der Waals surface area contributed by atoms with Crippen LogP contribution in [0, 0.1) is 0 Å². The summed E-state index contributed by atoms with van der Waals surface area (Å²) in [4.78, 5) is 0. The zero-order chi connectivity index (χ0) is 17.0. The minimum atomic E-state index is -0.481. The van der Waals surface area contributed by atoms with Crippen molar-refractivity contribution in [3.05, 3.63) is 46.3 Å². The van der Waals surface area contributed by atoms with Crippen LogP contribution < -0.4 is 0 Å². The van der Waals surface area contributed by atoms with Crippen LogP contribution >= 0.6 is 0 Å². The molecule has 0 radical (unpaired) electrons. The van der Waals surface area contributed by atoms with Crippen LogP contribution in [0.15, 0.2) is 46.3 Å². The summed E-state index contributed by atoms with van der Waals surface area (Å²) in [5.41, 5.74) is 4.84. The summed E-state index contributed by atoms with van der Waals surface area (Å²) in [6.07, 6.45) is 12.7. The van der Waals surface area contributed by atoms with Crippen LogP contribution in [-0.2, 0) is 0 Å². The monoisotopic (exact) mass is 308 g/mol. The Morgan fingerprint density at radius 3 is 1.68 bits per heavy atom. The lowest BCUT2D eigenvalue weighted by Crippen LogP contribution is -1.88. The highest BCUT2D eigenvalue weighted by atomic mass is 19.1. The van der Waals surface area contributed by atoms with E-state index in [2.05, 4.69) is 45.9 Å². The van der Waals surface area contributed by atoms with Gasteiger partial charge in [0.25, 0.3) is 0 Å². The summed E-state index contributed by atoms with van der Waals surface area (Å²) in [6.45, 7) is 9.86. The van der Waals surface area contributed by atoms with Gasteiger partial charge >= 0.3 is 0 Å². The predicted octanol–water partition coefficient (Wildman–Crippen LogP) is 6.42. The maximum Gasteiger partial charge on any atom is 0.124 e. The largest absolute Gasteiger partial charge is 0.389 e. The first-order valence-electron chi connectivity index (χ1n) is 8.26. The van der Waals surface area contributed by atoms with E-state index < -0.39 is 6.61 Å². The van der Waals surface area contributed by atoms with Crippen molar-refractivity contribution in [2.24, 2.45) is 0 Å². The van der Waals surface area contributed by atoms with Gasteiger partial charge in [-0.15, -0.1) is 0 Å². The van der Waals surface area contributed by atoms with E-state index in [9.17, 15) is 4.39 Å². The van der Waals surface area contributed by atoms with Gasteiger partial charge < -0.3 is 5.11 Å². The predicted molar refractivity (Wildman–Crippen MR) is 95.5 cm³/mol. The molecule has 0 amide bonds. The molecule has 0 aliphatic heterocycles. The average Bonchev–Trinajstić information content (AvgIpc) is 2.45. The summed E-state index contributed by atoms with van der Waals surface area (Å²) in [6, 6.07) is 0. The number of halogens is 1. The molecule has 0 spiro atoms. The number of aliphatic hydroxyl groups is 1. The van der Waals surface area contributed by atoms with Crippen LogP contribution in [0.5, 0.6) is 0 Å². The standard InChI is InChI=1S/C20H33FO/c1-16(2)9-6-10-17(3)11-7-12-18(4)13-8-14-19(5)20(21)15-22/h9,11,13,22H,6-8,10,12,14-15H2,1-5H3/b17-11+,18-13+,20-19-. The first kappa shape index (κ1) is 20.9. The van der Waals surface area contributed by atoms with Crippen molar-refractivity contribution in [2.45, 2.75) is 73.1 Å². The molecule has 2 heteroatoms. The van der Waals surface area contributed by atoms with Crippen LogP contribution in [0.4, 0.5) is 4.39 Å². The minimum absolute atomic E-state index is 0.388. The van der Waals surface area contributed by atoms with Crippen LogP contribution in [0.2, 0.25) is 0 Å². The van der Waals surface area contributed by atoms with Gasteiger partial charge in [0.1, 0.15) is 5.83 Å². The lowest BCUT2D eigenvalue weighted by atomic mass is 10.0. The maximum atomic E-state index is 13.1. The Morgan fingerprint density at radius 2 is 1.23 bits per heavy atom. The lowest BCUT2D eigenvalue weighted by molar-refractivity contribution is 0.295. The molecule has 0 aromatic rings. The fourth-order valence-corrected chi connectivity index (χ4v) is 2.14. The molecule has 0 aromatic carbocycles. The molecule has 1 nitrogen and oxygen atoms in total. The molecule has 0 fully saturated rings. The molecule has 0 atom stereocenters. The van der Waals surface area contributed by atoms with E-state index in [1.165, 1.54) is 16.7 Å². The van der Waals surface area contributed by atoms with Gasteiger partial charge in [-0.3, -0.25) is 0 Å². The van der Waals surface area contributed by atoms with Crippen LogP contribution in [-0.4, -0.2) is 11.7 Å². The van der Waals surface area contributed by atoms with E-state index >= 15 is 0 Å². The van der Waals surface area contributed by atoms with Gasteiger partial charge in [0.2, 0.25) is 0 Å². The van der Waals surface area contributed by atoms with Gasteiger partial charge in [-0.05, 0) is 78.7 Å². The fraction of sp³-hybridized carbons (Fsp3) is 0.600. The molecule has 0 saturated carbocycles. The summed E-state index contributed by atoms with van der Waals surface area (Å²) < 4.78 is 13.1. The highest BCUT2D eigenvalue weighted by molar-refractivity contribution is 5.09. The molecule has 0 bridgehead atoms. The lowest BCUT2D eigenvalue weighted by Gasteiger charge is -2.03. The van der Waals surface area contributed by atoms with Gasteiger partial charge in [-0.2, -0.15) is 0 Å². The SMILES string of the molecule is CC(C)=CCC/C(C)=C/CC/C(C)=C/CC/C(C)=C(\F)CO. The normalized spacial score (nSPS) is 14.0. The molecule has 22 heavy (non-hydrogen) atoms. The van der Waals surface area contributed by atoms with Gasteiger partial charge in [-0.1, -0.05) is 34.9 Å². The Kier molecular flexibility index (Phi) is 11.8. The van der Waals surface area contributed by atoms with Crippen molar-refractivity contribution in [3.63, 3.8) is 0 Å². The Hall–Kier alpha value is -1.15. The van der Waals surface area contributed by atoms with Crippen molar-refractivity contribution in [1.29, 1.82) is 0 Å². The molecular formula is C20H33FO. The minimum Gasteiger partial charge on any atom is -0.389 e. The maximum absolute atomic E-state index is 13.1. The molecule has 126 valence electrons. The molecule has 0 aliphatic carbocycles. The average molecular weight is 308 g/mol. The Balaban J connectivity index is 4.04. The van der Waals surface area contributed by atoms with Gasteiger partial charge in [0, 0.05) is 0 Å². The first-order chi connectivity index (χ1) is 10.4. The van der Waals surface area contributed by atoms with E-state index in [0.29, 0.717) is 12.0 Å². The van der Waals surface area contributed by atoms with Crippen molar-refractivity contribution in [3.8, 4) is 0 Å².